The van der Waals surface area contributed by atoms with E-state index in [0.29, 0.717) is 18.8 Å². The molecular formula is C17H22N2O3S. The lowest BCUT2D eigenvalue weighted by atomic mass is 9.93. The molecule has 3 rings (SSSR count). The fourth-order valence-corrected chi connectivity index (χ4v) is 4.29. The van der Waals surface area contributed by atoms with Crippen molar-refractivity contribution in [2.24, 2.45) is 5.73 Å². The van der Waals surface area contributed by atoms with Crippen molar-refractivity contribution in [1.29, 1.82) is 0 Å². The first kappa shape index (κ1) is 16.2. The van der Waals surface area contributed by atoms with Crippen LogP contribution >= 0.6 is 0 Å². The number of benzene rings is 1. The molecule has 0 radical (unpaired) electrons. The molecule has 0 spiro atoms. The van der Waals surface area contributed by atoms with Crippen molar-refractivity contribution in [3.8, 4) is 0 Å². The van der Waals surface area contributed by atoms with Crippen LogP contribution in [0.2, 0.25) is 0 Å². The van der Waals surface area contributed by atoms with Crippen LogP contribution in [0.4, 0.5) is 10.5 Å². The van der Waals surface area contributed by atoms with Crippen LogP contribution in [0.25, 0.3) is 5.57 Å². The van der Waals surface area contributed by atoms with Gasteiger partial charge < -0.3 is 10.5 Å². The van der Waals surface area contributed by atoms with Crippen LogP contribution in [0, 0.1) is 13.8 Å². The minimum atomic E-state index is -0.722. The number of amides is 1. The first-order valence-corrected chi connectivity index (χ1v) is 9.32. The van der Waals surface area contributed by atoms with E-state index < -0.39 is 10.8 Å². The van der Waals surface area contributed by atoms with Crippen molar-refractivity contribution >= 4 is 28.2 Å². The van der Waals surface area contributed by atoms with Gasteiger partial charge in [0.05, 0.1) is 6.54 Å². The third kappa shape index (κ3) is 3.19. The minimum absolute atomic E-state index is 0.237. The number of anilines is 1. The summed E-state index contributed by atoms with van der Waals surface area (Å²) in [6, 6.07) is 4.05. The lowest BCUT2D eigenvalue weighted by molar-refractivity contribution is 0.145. The number of aryl methyl sites for hydroxylation is 2. The zero-order valence-electron chi connectivity index (χ0n) is 13.5. The van der Waals surface area contributed by atoms with Gasteiger partial charge in [-0.25, -0.2) is 4.79 Å². The van der Waals surface area contributed by atoms with Gasteiger partial charge >= 0.3 is 6.09 Å². The van der Waals surface area contributed by atoms with Crippen LogP contribution in [0.1, 0.15) is 23.1 Å². The van der Waals surface area contributed by atoms with Crippen molar-refractivity contribution in [3.05, 3.63) is 34.9 Å². The molecule has 2 aliphatic heterocycles. The topological polar surface area (TPSA) is 72.6 Å². The SMILES string of the molecule is Cc1cc(N2C[C@H](CN)OC2=O)cc(C)c1C1=CCS(=O)CC1. The van der Waals surface area contributed by atoms with Crippen LogP contribution in [-0.2, 0) is 15.5 Å². The molecule has 1 unspecified atom stereocenters. The van der Waals surface area contributed by atoms with Gasteiger partial charge in [-0.05, 0) is 54.7 Å². The van der Waals surface area contributed by atoms with Crippen LogP contribution in [0.3, 0.4) is 0 Å². The molecule has 1 fully saturated rings. The summed E-state index contributed by atoms with van der Waals surface area (Å²) in [4.78, 5) is 13.6. The second-order valence-corrected chi connectivity index (χ2v) is 7.72. The molecule has 1 aromatic rings. The summed E-state index contributed by atoms with van der Waals surface area (Å²) in [7, 11) is -0.722. The number of hydrogen-bond donors (Lipinski definition) is 1. The smallest absolute Gasteiger partial charge is 0.414 e. The molecule has 2 atom stereocenters. The maximum atomic E-state index is 12.0. The second kappa shape index (κ2) is 6.45. The van der Waals surface area contributed by atoms with Crippen molar-refractivity contribution < 1.29 is 13.7 Å². The summed E-state index contributed by atoms with van der Waals surface area (Å²) < 4.78 is 16.8. The number of carbonyl (C=O) groups is 1. The zero-order valence-corrected chi connectivity index (χ0v) is 14.3. The van der Waals surface area contributed by atoms with Gasteiger partial charge in [-0.1, -0.05) is 6.08 Å². The average Bonchev–Trinajstić information content (AvgIpc) is 2.89. The molecule has 2 N–H and O–H groups in total. The first-order chi connectivity index (χ1) is 11.0. The largest absolute Gasteiger partial charge is 0.443 e. The summed E-state index contributed by atoms with van der Waals surface area (Å²) >= 11 is 0. The average molecular weight is 334 g/mol. The Morgan fingerprint density at radius 1 is 1.35 bits per heavy atom. The van der Waals surface area contributed by atoms with Crippen LogP contribution in [0.5, 0.6) is 0 Å². The Labute approximate surface area is 138 Å². The quantitative estimate of drug-likeness (QED) is 0.919. The molecule has 0 aromatic heterocycles. The fourth-order valence-electron chi connectivity index (χ4n) is 3.29. The van der Waals surface area contributed by atoms with E-state index in [0.717, 1.165) is 29.0 Å². The van der Waals surface area contributed by atoms with Crippen LogP contribution in [-0.4, -0.2) is 41.0 Å². The molecular weight excluding hydrogens is 312 g/mol. The van der Waals surface area contributed by atoms with E-state index in [9.17, 15) is 9.00 Å². The number of hydrogen-bond acceptors (Lipinski definition) is 4. The Morgan fingerprint density at radius 3 is 2.57 bits per heavy atom. The number of ether oxygens (including phenoxy) is 1. The third-order valence-corrected chi connectivity index (χ3v) is 5.60. The Bertz CT molecular complexity index is 676. The highest BCUT2D eigenvalue weighted by atomic mass is 32.2. The molecule has 124 valence electrons. The van der Waals surface area contributed by atoms with Gasteiger partial charge in [0, 0.05) is 34.5 Å². The van der Waals surface area contributed by atoms with Crippen molar-refractivity contribution in [1.82, 2.24) is 0 Å². The van der Waals surface area contributed by atoms with Crippen molar-refractivity contribution in [2.75, 3.05) is 29.5 Å². The molecule has 6 heteroatoms. The maximum Gasteiger partial charge on any atom is 0.414 e. The minimum Gasteiger partial charge on any atom is -0.443 e. The molecule has 0 saturated carbocycles. The highest BCUT2D eigenvalue weighted by Crippen LogP contribution is 2.33. The Balaban J connectivity index is 1.92. The number of carbonyl (C=O) groups excluding carboxylic acids is 1. The van der Waals surface area contributed by atoms with Gasteiger partial charge in [0.1, 0.15) is 6.10 Å². The number of cyclic esters (lactones) is 1. The van der Waals surface area contributed by atoms with E-state index in [1.165, 1.54) is 11.1 Å². The summed E-state index contributed by atoms with van der Waals surface area (Å²) in [6.45, 7) is 4.94. The predicted molar refractivity (Wildman–Crippen MR) is 93.1 cm³/mol. The first-order valence-electron chi connectivity index (χ1n) is 7.83. The Hall–Kier alpha value is -1.66. The molecule has 23 heavy (non-hydrogen) atoms. The van der Waals surface area contributed by atoms with Crippen molar-refractivity contribution in [2.45, 2.75) is 26.4 Å². The van der Waals surface area contributed by atoms with Gasteiger partial charge in [0.15, 0.2) is 0 Å². The summed E-state index contributed by atoms with van der Waals surface area (Å²) in [5, 5.41) is 0. The van der Waals surface area contributed by atoms with Gasteiger partial charge in [-0.3, -0.25) is 9.11 Å². The van der Waals surface area contributed by atoms with Crippen molar-refractivity contribution in [3.63, 3.8) is 0 Å². The van der Waals surface area contributed by atoms with E-state index in [1.54, 1.807) is 4.90 Å². The standard InChI is InChI=1S/C17H22N2O3S/c1-11-7-14(19-10-15(9-18)22-17(19)20)8-12(2)16(11)13-3-5-23(21)6-4-13/h3,7-8,15H,4-6,9-10,18H2,1-2H3/t15-,23?/m0/s1. The third-order valence-electron chi connectivity index (χ3n) is 4.40. The summed E-state index contributed by atoms with van der Waals surface area (Å²) in [5.41, 5.74) is 11.2. The summed E-state index contributed by atoms with van der Waals surface area (Å²) in [5.74, 6) is 1.36. The highest BCUT2D eigenvalue weighted by molar-refractivity contribution is 7.85. The zero-order chi connectivity index (χ0) is 16.6. The Morgan fingerprint density at radius 2 is 2.04 bits per heavy atom. The lowest BCUT2D eigenvalue weighted by Gasteiger charge is -2.21. The van der Waals surface area contributed by atoms with Crippen LogP contribution < -0.4 is 10.6 Å². The van der Waals surface area contributed by atoms with Gasteiger partial charge in [-0.2, -0.15) is 0 Å². The molecule has 2 heterocycles. The normalized spacial score (nSPS) is 24.6. The number of nitrogens with two attached hydrogens (primary N) is 1. The molecule has 0 bridgehead atoms. The Kier molecular flexibility index (Phi) is 4.55. The van der Waals surface area contributed by atoms with E-state index in [4.69, 9.17) is 10.5 Å². The van der Waals surface area contributed by atoms with Crippen LogP contribution in [0.15, 0.2) is 18.2 Å². The molecule has 5 nitrogen and oxygen atoms in total. The summed E-state index contributed by atoms with van der Waals surface area (Å²) in [6.07, 6.45) is 2.36. The maximum absolute atomic E-state index is 12.0. The van der Waals surface area contributed by atoms with Gasteiger partial charge in [-0.15, -0.1) is 0 Å². The molecule has 1 amide bonds. The number of rotatable bonds is 3. The monoisotopic (exact) mass is 334 g/mol. The van der Waals surface area contributed by atoms with Gasteiger partial charge in [0.25, 0.3) is 0 Å². The van der Waals surface area contributed by atoms with E-state index in [2.05, 4.69) is 19.9 Å². The highest BCUT2D eigenvalue weighted by Gasteiger charge is 2.32. The second-order valence-electron chi connectivity index (χ2n) is 6.10. The van der Waals surface area contributed by atoms with E-state index in [-0.39, 0.29) is 12.2 Å². The van der Waals surface area contributed by atoms with E-state index >= 15 is 0 Å². The number of allylic oxidation sites excluding steroid dienone is 1. The lowest BCUT2D eigenvalue weighted by Crippen LogP contribution is -2.27. The fraction of sp³-hybridized carbons (Fsp3) is 0.471. The predicted octanol–water partition coefficient (Wildman–Crippen LogP) is 2.12. The van der Waals surface area contributed by atoms with E-state index in [1.807, 2.05) is 12.1 Å². The molecule has 1 saturated heterocycles. The molecule has 0 aliphatic carbocycles. The number of nitrogens with zero attached hydrogens (tertiary/aromatic N) is 1. The molecule has 1 aromatic carbocycles. The molecule has 2 aliphatic rings. The van der Waals surface area contributed by atoms with Gasteiger partial charge in [0.2, 0.25) is 0 Å².